The lowest BCUT2D eigenvalue weighted by Gasteiger charge is -2.23. The summed E-state index contributed by atoms with van der Waals surface area (Å²) in [7, 11) is 0. The minimum absolute atomic E-state index is 0.0231. The van der Waals surface area contributed by atoms with Gasteiger partial charge in [-0.3, -0.25) is 4.79 Å². The van der Waals surface area contributed by atoms with Gasteiger partial charge in [-0.25, -0.2) is 4.79 Å². The number of anilines is 1. The summed E-state index contributed by atoms with van der Waals surface area (Å²) in [6.45, 7) is 3.54. The summed E-state index contributed by atoms with van der Waals surface area (Å²) in [4.78, 5) is 23.2. The molecule has 2 atom stereocenters. The number of alkyl halides is 3. The Labute approximate surface area is 139 Å². The molecule has 0 spiro atoms. The first kappa shape index (κ1) is 19.3. The van der Waals surface area contributed by atoms with Gasteiger partial charge in [0.05, 0.1) is 5.56 Å². The molecule has 9 heteroatoms. The molecule has 3 amide bonds. The van der Waals surface area contributed by atoms with Crippen LogP contribution in [-0.4, -0.2) is 18.0 Å². The van der Waals surface area contributed by atoms with Crippen LogP contribution < -0.4 is 16.4 Å². The Morgan fingerprint density at radius 3 is 2.43 bits per heavy atom. The number of nitrogens with one attached hydrogen (secondary N) is 2. The highest BCUT2D eigenvalue weighted by Crippen LogP contribution is 2.36. The van der Waals surface area contributed by atoms with Gasteiger partial charge in [-0.1, -0.05) is 36.2 Å². The predicted molar refractivity (Wildman–Crippen MR) is 83.7 cm³/mol. The summed E-state index contributed by atoms with van der Waals surface area (Å²) in [6, 6.07) is 1.53. The van der Waals surface area contributed by atoms with E-state index in [1.807, 2.05) is 6.92 Å². The van der Waals surface area contributed by atoms with Crippen LogP contribution in [0.2, 0.25) is 0 Å². The first-order chi connectivity index (χ1) is 10.6. The van der Waals surface area contributed by atoms with Gasteiger partial charge < -0.3 is 16.4 Å². The zero-order chi connectivity index (χ0) is 17.8. The fourth-order valence-electron chi connectivity index (χ4n) is 1.90. The number of primary amides is 1. The molecule has 23 heavy (non-hydrogen) atoms. The number of amides is 3. The highest BCUT2D eigenvalue weighted by molar-refractivity contribution is 9.10. The van der Waals surface area contributed by atoms with E-state index in [9.17, 15) is 22.8 Å². The molecule has 128 valence electrons. The van der Waals surface area contributed by atoms with E-state index in [4.69, 9.17) is 5.73 Å². The lowest BCUT2D eigenvalue weighted by Crippen LogP contribution is -2.49. The van der Waals surface area contributed by atoms with Crippen molar-refractivity contribution in [3.05, 3.63) is 28.2 Å². The highest BCUT2D eigenvalue weighted by Gasteiger charge is 2.33. The third kappa shape index (κ3) is 5.42. The maximum atomic E-state index is 12.9. The van der Waals surface area contributed by atoms with Crippen molar-refractivity contribution in [2.45, 2.75) is 32.5 Å². The predicted octanol–water partition coefficient (Wildman–Crippen LogP) is 3.49. The molecule has 1 rings (SSSR count). The van der Waals surface area contributed by atoms with Crippen molar-refractivity contribution in [1.82, 2.24) is 5.32 Å². The van der Waals surface area contributed by atoms with Crippen molar-refractivity contribution in [3.63, 3.8) is 0 Å². The van der Waals surface area contributed by atoms with Gasteiger partial charge in [0.2, 0.25) is 5.91 Å². The molecular weight excluding hydrogens is 379 g/mol. The van der Waals surface area contributed by atoms with Gasteiger partial charge >= 0.3 is 12.2 Å². The van der Waals surface area contributed by atoms with Gasteiger partial charge in [-0.2, -0.15) is 13.2 Å². The Balaban J connectivity index is 3.01. The minimum Gasteiger partial charge on any atom is -0.352 e. The van der Waals surface area contributed by atoms with Crippen LogP contribution in [-0.2, 0) is 11.0 Å². The number of rotatable bonds is 5. The molecule has 0 aliphatic rings. The molecule has 0 radical (unpaired) electrons. The van der Waals surface area contributed by atoms with Gasteiger partial charge in [0.25, 0.3) is 0 Å². The van der Waals surface area contributed by atoms with E-state index in [1.54, 1.807) is 6.92 Å². The van der Waals surface area contributed by atoms with Gasteiger partial charge in [-0.15, -0.1) is 0 Å². The van der Waals surface area contributed by atoms with E-state index in [-0.39, 0.29) is 16.1 Å². The Hall–Kier alpha value is -1.77. The first-order valence-electron chi connectivity index (χ1n) is 6.79. The lowest BCUT2D eigenvalue weighted by atomic mass is 9.98. The fourth-order valence-corrected chi connectivity index (χ4v) is 2.37. The van der Waals surface area contributed by atoms with Gasteiger partial charge in [0, 0.05) is 10.2 Å². The van der Waals surface area contributed by atoms with Crippen LogP contribution in [0.3, 0.4) is 0 Å². The van der Waals surface area contributed by atoms with Crippen LogP contribution in [0.4, 0.5) is 23.7 Å². The summed E-state index contributed by atoms with van der Waals surface area (Å²) < 4.78 is 38.5. The third-order valence-electron chi connectivity index (χ3n) is 3.33. The van der Waals surface area contributed by atoms with Gasteiger partial charge in [-0.05, 0) is 24.1 Å². The van der Waals surface area contributed by atoms with Crippen molar-refractivity contribution >= 4 is 33.6 Å². The average Bonchev–Trinajstić information content (AvgIpc) is 2.44. The molecule has 1 aromatic rings. The van der Waals surface area contributed by atoms with Crippen LogP contribution in [0.5, 0.6) is 0 Å². The maximum absolute atomic E-state index is 12.9. The average molecular weight is 396 g/mol. The number of nitrogens with two attached hydrogens (primary N) is 1. The van der Waals surface area contributed by atoms with E-state index >= 15 is 0 Å². The monoisotopic (exact) mass is 395 g/mol. The van der Waals surface area contributed by atoms with Crippen LogP contribution in [0.1, 0.15) is 25.8 Å². The molecule has 5 nitrogen and oxygen atoms in total. The van der Waals surface area contributed by atoms with E-state index in [1.165, 1.54) is 12.1 Å². The van der Waals surface area contributed by atoms with Crippen molar-refractivity contribution in [3.8, 4) is 0 Å². The second-order valence-electron chi connectivity index (χ2n) is 5.05. The molecule has 4 N–H and O–H groups in total. The smallest absolute Gasteiger partial charge is 0.352 e. The number of halogens is 4. The molecular formula is C14H17BrF3N3O2. The number of urea groups is 1. The SMILES string of the molecule is CCC(C)C(NC(N)=O)C(=O)Nc1ccc(Br)c(C(F)(F)F)c1. The molecule has 0 fully saturated rings. The molecule has 0 saturated heterocycles. The van der Waals surface area contributed by atoms with E-state index in [0.29, 0.717) is 6.42 Å². The summed E-state index contributed by atoms with van der Waals surface area (Å²) in [5.41, 5.74) is 4.11. The number of hydrogen-bond acceptors (Lipinski definition) is 2. The molecule has 0 aliphatic carbocycles. The Morgan fingerprint density at radius 2 is 1.96 bits per heavy atom. The van der Waals surface area contributed by atoms with Crippen LogP contribution in [0, 0.1) is 5.92 Å². The second kappa shape index (κ2) is 7.67. The van der Waals surface area contributed by atoms with Gasteiger partial charge in [0.1, 0.15) is 6.04 Å². The summed E-state index contributed by atoms with van der Waals surface area (Å²) in [5, 5.41) is 4.67. The normalized spacial score (nSPS) is 14.0. The van der Waals surface area contributed by atoms with Gasteiger partial charge in [0.15, 0.2) is 0 Å². The molecule has 2 unspecified atom stereocenters. The molecule has 1 aromatic carbocycles. The van der Waals surface area contributed by atoms with Crippen molar-refractivity contribution in [2.24, 2.45) is 11.7 Å². The summed E-state index contributed by atoms with van der Waals surface area (Å²) in [5.74, 6) is -0.867. The first-order valence-corrected chi connectivity index (χ1v) is 7.59. The summed E-state index contributed by atoms with van der Waals surface area (Å²) >= 11 is 2.82. The van der Waals surface area contributed by atoms with Crippen molar-refractivity contribution in [1.29, 1.82) is 0 Å². The topological polar surface area (TPSA) is 84.2 Å². The Bertz CT molecular complexity index is 593. The highest BCUT2D eigenvalue weighted by atomic mass is 79.9. The van der Waals surface area contributed by atoms with Crippen LogP contribution in [0.15, 0.2) is 22.7 Å². The fraction of sp³-hybridized carbons (Fsp3) is 0.429. The van der Waals surface area contributed by atoms with Crippen molar-refractivity contribution < 1.29 is 22.8 Å². The second-order valence-corrected chi connectivity index (χ2v) is 5.91. The Kier molecular flexibility index (Phi) is 6.43. The van der Waals surface area contributed by atoms with Crippen molar-refractivity contribution in [2.75, 3.05) is 5.32 Å². The number of hydrogen-bond donors (Lipinski definition) is 3. The van der Waals surface area contributed by atoms with E-state index in [0.717, 1.165) is 6.07 Å². The minimum atomic E-state index is -4.55. The quantitative estimate of drug-likeness (QED) is 0.712. The maximum Gasteiger partial charge on any atom is 0.417 e. The molecule has 0 bridgehead atoms. The zero-order valence-electron chi connectivity index (χ0n) is 12.5. The zero-order valence-corrected chi connectivity index (χ0v) is 14.1. The molecule has 0 aromatic heterocycles. The molecule has 0 aliphatic heterocycles. The van der Waals surface area contributed by atoms with E-state index in [2.05, 4.69) is 26.6 Å². The van der Waals surface area contributed by atoms with Crippen LogP contribution in [0.25, 0.3) is 0 Å². The number of carbonyl (C=O) groups excluding carboxylic acids is 2. The molecule has 0 saturated carbocycles. The number of carbonyl (C=O) groups is 2. The molecule has 0 heterocycles. The van der Waals surface area contributed by atoms with E-state index < -0.39 is 29.7 Å². The largest absolute Gasteiger partial charge is 0.417 e. The standard InChI is InChI=1S/C14H17BrF3N3O2/c1-3-7(2)11(21-13(19)23)12(22)20-8-4-5-10(15)9(6-8)14(16,17)18/h4-7,11H,3H2,1-2H3,(H,20,22)(H3,19,21,23). The lowest BCUT2D eigenvalue weighted by molar-refractivity contribution is -0.138. The van der Waals surface area contributed by atoms with Crippen LogP contribution >= 0.6 is 15.9 Å². The third-order valence-corrected chi connectivity index (χ3v) is 4.02. The number of benzene rings is 1. The Morgan fingerprint density at radius 1 is 1.35 bits per heavy atom. The summed E-state index contributed by atoms with van der Waals surface area (Å²) in [6.07, 6.45) is -3.98.